The molecule has 0 radical (unpaired) electrons. The number of carbonyl (C=O) groups excluding carboxylic acids is 1. The summed E-state index contributed by atoms with van der Waals surface area (Å²) in [5.74, 6) is 0.778. The first-order valence-electron chi connectivity index (χ1n) is 7.37. The van der Waals surface area contributed by atoms with Gasteiger partial charge in [-0.1, -0.05) is 0 Å². The van der Waals surface area contributed by atoms with Crippen LogP contribution in [-0.2, 0) is 4.79 Å². The number of alkyl halides is 2. The van der Waals surface area contributed by atoms with Crippen LogP contribution in [0.5, 0.6) is 0 Å². The lowest BCUT2D eigenvalue weighted by Gasteiger charge is -2.05. The molecule has 1 atom stereocenters. The van der Waals surface area contributed by atoms with Crippen molar-refractivity contribution >= 4 is 12.1 Å². The fraction of sp³-hybridized carbons (Fsp3) is 0.500. The maximum atomic E-state index is 12.4. The Balaban J connectivity index is 0.000000188. The Kier molecular flexibility index (Phi) is 5.11. The van der Waals surface area contributed by atoms with Crippen LogP contribution >= 0.6 is 0 Å². The van der Waals surface area contributed by atoms with Crippen LogP contribution in [0.15, 0.2) is 18.3 Å². The molecule has 0 bridgehead atoms. The number of carbonyl (C=O) groups is 1. The standard InChI is InChI=1S/C10H10F2N2.C6H11NO/c1-6-3-4-14-7(2)5-8(9(11)12)13-10(6)14;1-5(7-4-8)6-2-3-6/h3-5,9H,1-2H3;4-6H,2-3H2,1H3,(H,7,8). The van der Waals surface area contributed by atoms with Gasteiger partial charge in [-0.25, -0.2) is 13.8 Å². The Morgan fingerprint density at radius 3 is 2.64 bits per heavy atom. The molecule has 4 nitrogen and oxygen atoms in total. The zero-order chi connectivity index (χ0) is 16.3. The molecule has 0 spiro atoms. The van der Waals surface area contributed by atoms with Crippen molar-refractivity contribution in [3.05, 3.63) is 35.3 Å². The molecule has 1 unspecified atom stereocenters. The lowest BCUT2D eigenvalue weighted by molar-refractivity contribution is -0.110. The van der Waals surface area contributed by atoms with Crippen molar-refractivity contribution in [1.29, 1.82) is 0 Å². The maximum Gasteiger partial charge on any atom is 0.280 e. The number of hydrogen-bond donors (Lipinski definition) is 1. The zero-order valence-electron chi connectivity index (χ0n) is 13.0. The van der Waals surface area contributed by atoms with Gasteiger partial charge in [0.25, 0.3) is 6.43 Å². The minimum Gasteiger partial charge on any atom is -0.356 e. The average Bonchev–Trinajstić information content (AvgIpc) is 3.25. The third kappa shape index (κ3) is 3.81. The Labute approximate surface area is 128 Å². The van der Waals surface area contributed by atoms with Gasteiger partial charge in [0.05, 0.1) is 0 Å². The van der Waals surface area contributed by atoms with E-state index in [4.69, 9.17) is 0 Å². The normalized spacial score (nSPS) is 15.4. The second-order valence-corrected chi connectivity index (χ2v) is 5.73. The second-order valence-electron chi connectivity index (χ2n) is 5.73. The molecule has 0 aliphatic heterocycles. The first-order valence-corrected chi connectivity index (χ1v) is 7.37. The maximum absolute atomic E-state index is 12.4. The van der Waals surface area contributed by atoms with Crippen molar-refractivity contribution < 1.29 is 13.6 Å². The molecule has 2 heterocycles. The Morgan fingerprint density at radius 1 is 1.41 bits per heavy atom. The van der Waals surface area contributed by atoms with Gasteiger partial charge in [-0.15, -0.1) is 0 Å². The van der Waals surface area contributed by atoms with Crippen molar-refractivity contribution in [2.75, 3.05) is 0 Å². The van der Waals surface area contributed by atoms with Gasteiger partial charge < -0.3 is 9.72 Å². The highest BCUT2D eigenvalue weighted by molar-refractivity contribution is 5.49. The Bertz CT molecular complexity index is 650. The molecule has 1 aliphatic rings. The van der Waals surface area contributed by atoms with Crippen molar-refractivity contribution in [1.82, 2.24) is 14.7 Å². The molecule has 22 heavy (non-hydrogen) atoms. The molecule has 0 saturated heterocycles. The van der Waals surface area contributed by atoms with E-state index in [0.717, 1.165) is 23.6 Å². The summed E-state index contributed by atoms with van der Waals surface area (Å²) in [6, 6.07) is 3.69. The van der Waals surface area contributed by atoms with E-state index in [0.29, 0.717) is 11.7 Å². The summed E-state index contributed by atoms with van der Waals surface area (Å²) in [4.78, 5) is 13.7. The summed E-state index contributed by atoms with van der Waals surface area (Å²) < 4.78 is 26.7. The van der Waals surface area contributed by atoms with Crippen molar-refractivity contribution in [3.8, 4) is 0 Å². The highest BCUT2D eigenvalue weighted by Crippen LogP contribution is 2.31. The zero-order valence-corrected chi connectivity index (χ0v) is 13.0. The van der Waals surface area contributed by atoms with E-state index >= 15 is 0 Å². The molecule has 120 valence electrons. The number of amides is 1. The first-order chi connectivity index (χ1) is 10.4. The minimum absolute atomic E-state index is 0.156. The van der Waals surface area contributed by atoms with Gasteiger partial charge in [-0.05, 0) is 57.2 Å². The molecule has 1 amide bonds. The van der Waals surface area contributed by atoms with Crippen LogP contribution in [-0.4, -0.2) is 21.8 Å². The average molecular weight is 309 g/mol. The van der Waals surface area contributed by atoms with E-state index in [2.05, 4.69) is 10.3 Å². The van der Waals surface area contributed by atoms with Crippen molar-refractivity contribution in [2.45, 2.75) is 46.1 Å². The van der Waals surface area contributed by atoms with E-state index < -0.39 is 6.43 Å². The van der Waals surface area contributed by atoms with Gasteiger partial charge in [0.2, 0.25) is 6.41 Å². The number of rotatable bonds is 4. The van der Waals surface area contributed by atoms with E-state index in [1.165, 1.54) is 18.9 Å². The van der Waals surface area contributed by atoms with E-state index in [1.807, 2.05) is 26.1 Å². The van der Waals surface area contributed by atoms with Crippen molar-refractivity contribution in [3.63, 3.8) is 0 Å². The van der Waals surface area contributed by atoms with Crippen LogP contribution in [0.1, 0.15) is 43.1 Å². The van der Waals surface area contributed by atoms with Crippen molar-refractivity contribution in [2.24, 2.45) is 5.92 Å². The number of halogens is 2. The molecule has 1 saturated carbocycles. The second kappa shape index (κ2) is 6.85. The number of aromatic nitrogens is 2. The first kappa shape index (κ1) is 16.4. The third-order valence-electron chi connectivity index (χ3n) is 3.91. The number of nitrogens with one attached hydrogen (secondary N) is 1. The summed E-state index contributed by atoms with van der Waals surface area (Å²) in [5, 5.41) is 2.73. The predicted molar refractivity (Wildman–Crippen MR) is 81.0 cm³/mol. The molecule has 1 fully saturated rings. The Morgan fingerprint density at radius 2 is 2.09 bits per heavy atom. The minimum atomic E-state index is -2.51. The predicted octanol–water partition coefficient (Wildman–Crippen LogP) is 3.42. The molecular weight excluding hydrogens is 288 g/mol. The molecule has 6 heteroatoms. The summed E-state index contributed by atoms with van der Waals surface area (Å²) in [5.41, 5.74) is 2.14. The molecule has 1 aliphatic carbocycles. The largest absolute Gasteiger partial charge is 0.356 e. The number of hydrogen-bond acceptors (Lipinski definition) is 2. The van der Waals surface area contributed by atoms with Crippen LogP contribution in [0, 0.1) is 19.8 Å². The number of nitrogens with zero attached hydrogens (tertiary/aromatic N) is 2. The van der Waals surface area contributed by atoms with Gasteiger partial charge in [0.15, 0.2) is 0 Å². The van der Waals surface area contributed by atoms with Gasteiger partial charge in [-0.2, -0.15) is 0 Å². The van der Waals surface area contributed by atoms with Gasteiger partial charge in [0.1, 0.15) is 11.3 Å². The van der Waals surface area contributed by atoms with E-state index in [-0.39, 0.29) is 5.69 Å². The van der Waals surface area contributed by atoms with Gasteiger partial charge >= 0.3 is 0 Å². The van der Waals surface area contributed by atoms with Crippen LogP contribution in [0.3, 0.4) is 0 Å². The molecule has 0 aromatic carbocycles. The van der Waals surface area contributed by atoms with Gasteiger partial charge in [-0.3, -0.25) is 4.79 Å². The summed E-state index contributed by atoms with van der Waals surface area (Å²) in [6.45, 7) is 5.70. The fourth-order valence-electron chi connectivity index (χ4n) is 2.34. The molecule has 2 aromatic rings. The molecule has 3 rings (SSSR count). The van der Waals surface area contributed by atoms with Gasteiger partial charge in [0, 0.05) is 17.9 Å². The van der Waals surface area contributed by atoms with E-state index in [9.17, 15) is 13.6 Å². The molecular formula is C16H21F2N3O. The van der Waals surface area contributed by atoms with Crippen LogP contribution in [0.4, 0.5) is 8.78 Å². The number of fused-ring (bicyclic) bond motifs is 1. The topological polar surface area (TPSA) is 46.4 Å². The highest BCUT2D eigenvalue weighted by Gasteiger charge is 2.27. The quantitative estimate of drug-likeness (QED) is 0.880. The summed E-state index contributed by atoms with van der Waals surface area (Å²) in [6.07, 6.45) is 2.70. The molecule has 1 N–H and O–H groups in total. The molecule has 2 aromatic heterocycles. The smallest absolute Gasteiger partial charge is 0.280 e. The van der Waals surface area contributed by atoms with E-state index in [1.54, 1.807) is 11.3 Å². The van der Waals surface area contributed by atoms with Crippen LogP contribution < -0.4 is 5.32 Å². The summed E-state index contributed by atoms with van der Waals surface area (Å²) in [7, 11) is 0. The fourth-order valence-corrected chi connectivity index (χ4v) is 2.34. The lowest BCUT2D eigenvalue weighted by Crippen LogP contribution is -2.25. The third-order valence-corrected chi connectivity index (χ3v) is 3.91. The van der Waals surface area contributed by atoms with Crippen LogP contribution in [0.25, 0.3) is 5.65 Å². The lowest BCUT2D eigenvalue weighted by atomic mass is 10.2. The SMILES string of the molecule is CC(NC=O)C1CC1.Cc1ccn2c(C)cc(C(F)F)nc12. The summed E-state index contributed by atoms with van der Waals surface area (Å²) >= 11 is 0. The Hall–Kier alpha value is -1.98. The van der Waals surface area contributed by atoms with Crippen LogP contribution in [0.2, 0.25) is 0 Å². The number of aryl methyl sites for hydroxylation is 2. The highest BCUT2D eigenvalue weighted by atomic mass is 19.3. The monoisotopic (exact) mass is 309 g/mol.